The summed E-state index contributed by atoms with van der Waals surface area (Å²) in [7, 11) is 3.10. The van der Waals surface area contributed by atoms with E-state index in [-0.39, 0.29) is 16.6 Å². The average Bonchev–Trinajstić information content (AvgIpc) is 2.35. The van der Waals surface area contributed by atoms with E-state index < -0.39 is 22.6 Å². The molecule has 1 heterocycles. The number of alkyl halides is 3. The van der Waals surface area contributed by atoms with Gasteiger partial charge in [-0.3, -0.25) is 4.79 Å². The second kappa shape index (κ2) is 6.35. The van der Waals surface area contributed by atoms with Crippen molar-refractivity contribution in [1.29, 1.82) is 5.26 Å². The number of nitrogens with zero attached hydrogens (tertiary/aromatic N) is 3. The van der Waals surface area contributed by atoms with Gasteiger partial charge in [-0.15, -0.1) is 0 Å². The maximum absolute atomic E-state index is 13.0. The first kappa shape index (κ1) is 17.3. The molecule has 0 N–H and O–H groups in total. The Morgan fingerprint density at radius 1 is 1.48 bits per heavy atom. The Morgan fingerprint density at radius 2 is 2.05 bits per heavy atom. The highest BCUT2D eigenvalue weighted by molar-refractivity contribution is 8.00. The Balaban J connectivity index is 3.28. The van der Waals surface area contributed by atoms with Gasteiger partial charge in [0.15, 0.2) is 0 Å². The van der Waals surface area contributed by atoms with E-state index >= 15 is 0 Å². The first-order valence-electron chi connectivity index (χ1n) is 5.94. The summed E-state index contributed by atoms with van der Waals surface area (Å²) in [5.41, 5.74) is -1.42. The van der Waals surface area contributed by atoms with Crippen molar-refractivity contribution in [2.24, 2.45) is 0 Å². The minimum Gasteiger partial charge on any atom is -0.348 e. The van der Waals surface area contributed by atoms with Crippen LogP contribution in [0.4, 0.5) is 13.2 Å². The van der Waals surface area contributed by atoms with Crippen molar-refractivity contribution in [2.75, 3.05) is 14.1 Å². The first-order chi connectivity index (χ1) is 9.57. The Labute approximate surface area is 125 Å². The lowest BCUT2D eigenvalue weighted by Gasteiger charge is -2.18. The Hall–Kier alpha value is -1.75. The first-order valence-corrected chi connectivity index (χ1v) is 6.82. The summed E-state index contributed by atoms with van der Waals surface area (Å²) in [6, 6.07) is 2.38. The molecule has 0 saturated heterocycles. The van der Waals surface area contributed by atoms with Crippen LogP contribution in [-0.2, 0) is 11.0 Å². The van der Waals surface area contributed by atoms with Gasteiger partial charge in [0.25, 0.3) is 0 Å². The van der Waals surface area contributed by atoms with Gasteiger partial charge in [0.1, 0.15) is 11.1 Å². The third-order valence-electron chi connectivity index (χ3n) is 2.61. The average molecular weight is 317 g/mol. The highest BCUT2D eigenvalue weighted by Gasteiger charge is 2.36. The predicted octanol–water partition coefficient (Wildman–Crippen LogP) is 2.85. The van der Waals surface area contributed by atoms with E-state index in [1.54, 1.807) is 27.1 Å². The van der Waals surface area contributed by atoms with Crippen molar-refractivity contribution in [3.63, 3.8) is 0 Å². The van der Waals surface area contributed by atoms with Crippen LogP contribution < -0.4 is 0 Å². The van der Waals surface area contributed by atoms with E-state index in [1.165, 1.54) is 11.8 Å². The van der Waals surface area contributed by atoms with Gasteiger partial charge >= 0.3 is 6.18 Å². The van der Waals surface area contributed by atoms with E-state index in [0.717, 1.165) is 17.8 Å². The molecule has 0 bridgehead atoms. The van der Waals surface area contributed by atoms with Crippen LogP contribution in [0.25, 0.3) is 0 Å². The smallest absolute Gasteiger partial charge is 0.348 e. The molecule has 8 heteroatoms. The van der Waals surface area contributed by atoms with Crippen LogP contribution in [0, 0.1) is 18.3 Å². The zero-order chi connectivity index (χ0) is 16.4. The number of halogens is 3. The van der Waals surface area contributed by atoms with E-state index in [1.807, 2.05) is 0 Å². The fourth-order valence-electron chi connectivity index (χ4n) is 1.64. The molecular weight excluding hydrogens is 303 g/mol. The summed E-state index contributed by atoms with van der Waals surface area (Å²) in [6.45, 7) is 2.98. The number of hydrogen-bond acceptors (Lipinski definition) is 4. The van der Waals surface area contributed by atoms with Gasteiger partial charge in [0.05, 0.1) is 16.4 Å². The molecule has 0 aliphatic carbocycles. The minimum atomic E-state index is -4.64. The molecule has 4 nitrogen and oxygen atoms in total. The fraction of sp³-hybridized carbons (Fsp3) is 0.462. The number of rotatable bonds is 3. The lowest BCUT2D eigenvalue weighted by atomic mass is 10.1. The summed E-state index contributed by atoms with van der Waals surface area (Å²) in [4.78, 5) is 17.1. The molecule has 0 spiro atoms. The highest BCUT2D eigenvalue weighted by Crippen LogP contribution is 2.36. The molecule has 21 heavy (non-hydrogen) atoms. The Bertz CT molecular complexity index is 594. The third-order valence-corrected chi connectivity index (χ3v) is 3.68. The summed E-state index contributed by atoms with van der Waals surface area (Å²) < 4.78 is 38.9. The lowest BCUT2D eigenvalue weighted by Crippen LogP contribution is -2.29. The minimum absolute atomic E-state index is 0.0764. The molecule has 1 unspecified atom stereocenters. The van der Waals surface area contributed by atoms with Gasteiger partial charge in [-0.1, -0.05) is 11.8 Å². The van der Waals surface area contributed by atoms with E-state index in [2.05, 4.69) is 4.98 Å². The lowest BCUT2D eigenvalue weighted by molar-refractivity contribution is -0.138. The number of aromatic nitrogens is 1. The second-order valence-corrected chi connectivity index (χ2v) is 5.92. The number of pyridine rings is 1. The molecule has 0 radical (unpaired) electrons. The SMILES string of the molecule is Cc1cc(C(F)(F)F)c(C#N)c(SC(C)C(=O)N(C)C)n1. The molecule has 0 aromatic carbocycles. The normalized spacial score (nSPS) is 12.7. The quantitative estimate of drug-likeness (QED) is 0.804. The van der Waals surface area contributed by atoms with Crippen molar-refractivity contribution in [2.45, 2.75) is 30.3 Å². The standard InChI is InChI=1S/C13H14F3N3OS/c1-7-5-10(13(14,15)16)9(6-17)11(18-7)21-8(2)12(20)19(3)4/h5,8H,1-4H3. The van der Waals surface area contributed by atoms with Crippen LogP contribution in [0.3, 0.4) is 0 Å². The van der Waals surface area contributed by atoms with Gasteiger partial charge in [-0.25, -0.2) is 4.98 Å². The van der Waals surface area contributed by atoms with Gasteiger partial charge in [-0.05, 0) is 19.9 Å². The number of hydrogen-bond donors (Lipinski definition) is 0. The molecule has 1 aromatic heterocycles. The maximum atomic E-state index is 13.0. The predicted molar refractivity (Wildman–Crippen MR) is 72.7 cm³/mol. The van der Waals surface area contributed by atoms with Gasteiger partial charge < -0.3 is 4.90 Å². The van der Waals surface area contributed by atoms with Crippen LogP contribution in [0.15, 0.2) is 11.1 Å². The van der Waals surface area contributed by atoms with Crippen LogP contribution in [0.2, 0.25) is 0 Å². The van der Waals surface area contributed by atoms with Crippen LogP contribution in [-0.4, -0.2) is 35.1 Å². The van der Waals surface area contributed by atoms with Gasteiger partial charge in [0.2, 0.25) is 5.91 Å². The molecule has 1 aromatic rings. The van der Waals surface area contributed by atoms with Crippen molar-refractivity contribution in [1.82, 2.24) is 9.88 Å². The molecule has 1 atom stereocenters. The number of carbonyl (C=O) groups is 1. The Kier molecular flexibility index (Phi) is 5.23. The molecule has 0 saturated carbocycles. The van der Waals surface area contributed by atoms with Crippen LogP contribution >= 0.6 is 11.8 Å². The number of nitriles is 1. The molecular formula is C13H14F3N3OS. The number of amides is 1. The molecule has 0 fully saturated rings. The molecule has 0 aliphatic heterocycles. The zero-order valence-electron chi connectivity index (χ0n) is 11.9. The summed E-state index contributed by atoms with van der Waals surface area (Å²) in [5.74, 6) is -0.263. The second-order valence-electron chi connectivity index (χ2n) is 4.59. The molecule has 1 amide bonds. The van der Waals surface area contributed by atoms with E-state index in [4.69, 9.17) is 5.26 Å². The molecule has 1 rings (SSSR count). The third kappa shape index (κ3) is 4.11. The molecule has 0 aliphatic rings. The molecule has 114 valence electrons. The van der Waals surface area contributed by atoms with Gasteiger partial charge in [0, 0.05) is 19.8 Å². The van der Waals surface area contributed by atoms with Crippen molar-refractivity contribution < 1.29 is 18.0 Å². The van der Waals surface area contributed by atoms with Crippen LogP contribution in [0.5, 0.6) is 0 Å². The summed E-state index contributed by atoms with van der Waals surface area (Å²) in [6.07, 6.45) is -4.64. The van der Waals surface area contributed by atoms with Crippen molar-refractivity contribution in [3.8, 4) is 6.07 Å². The number of aryl methyl sites for hydroxylation is 1. The zero-order valence-corrected chi connectivity index (χ0v) is 12.8. The monoisotopic (exact) mass is 317 g/mol. The summed E-state index contributed by atoms with van der Waals surface area (Å²) in [5, 5.41) is 8.30. The van der Waals surface area contributed by atoms with E-state index in [0.29, 0.717) is 0 Å². The topological polar surface area (TPSA) is 57.0 Å². The fourth-order valence-corrected chi connectivity index (χ4v) is 2.76. The number of thioether (sulfide) groups is 1. The Morgan fingerprint density at radius 3 is 2.48 bits per heavy atom. The van der Waals surface area contributed by atoms with E-state index in [9.17, 15) is 18.0 Å². The van der Waals surface area contributed by atoms with Crippen molar-refractivity contribution >= 4 is 17.7 Å². The highest BCUT2D eigenvalue weighted by atomic mass is 32.2. The van der Waals surface area contributed by atoms with Gasteiger partial charge in [-0.2, -0.15) is 18.4 Å². The van der Waals surface area contributed by atoms with Crippen molar-refractivity contribution in [3.05, 3.63) is 22.9 Å². The summed E-state index contributed by atoms with van der Waals surface area (Å²) >= 11 is 0.851. The van der Waals surface area contributed by atoms with Crippen LogP contribution in [0.1, 0.15) is 23.7 Å². The maximum Gasteiger partial charge on any atom is 0.417 e. The number of carbonyl (C=O) groups excluding carboxylic acids is 1. The largest absolute Gasteiger partial charge is 0.417 e.